The van der Waals surface area contributed by atoms with Crippen molar-refractivity contribution >= 4 is 23.4 Å². The summed E-state index contributed by atoms with van der Waals surface area (Å²) in [6.45, 7) is 0. The lowest BCUT2D eigenvalue weighted by Crippen LogP contribution is -2.15. The van der Waals surface area contributed by atoms with E-state index in [1.165, 1.54) is 17.8 Å². The molecule has 8 heteroatoms. The third-order valence-corrected chi connectivity index (χ3v) is 3.64. The second kappa shape index (κ2) is 6.08. The molecule has 3 N–H and O–H groups in total. The second-order valence-corrected chi connectivity index (χ2v) is 5.11. The maximum atomic E-state index is 11.9. The average molecular weight is 324 g/mol. The molecule has 0 radical (unpaired) electrons. The van der Waals surface area contributed by atoms with Crippen LogP contribution in [0.25, 0.3) is 11.3 Å². The molecule has 0 saturated heterocycles. The van der Waals surface area contributed by atoms with E-state index in [4.69, 9.17) is 16.9 Å². The monoisotopic (exact) mass is 323 g/mol. The molecule has 2 aromatic rings. The quantitative estimate of drug-likeness (QED) is 0.453. The van der Waals surface area contributed by atoms with Crippen LogP contribution in [0.2, 0.25) is 0 Å². The topological polar surface area (TPSA) is 110 Å². The van der Waals surface area contributed by atoms with Crippen molar-refractivity contribution in [1.82, 2.24) is 9.97 Å². The van der Waals surface area contributed by atoms with E-state index >= 15 is 0 Å². The van der Waals surface area contributed by atoms with Crippen molar-refractivity contribution < 1.29 is 10.2 Å². The van der Waals surface area contributed by atoms with Gasteiger partial charge in [0.05, 0.1) is 0 Å². The Labute approximate surface area is 129 Å². The summed E-state index contributed by atoms with van der Waals surface area (Å²) < 4.78 is 0. The van der Waals surface area contributed by atoms with Gasteiger partial charge in [0.15, 0.2) is 5.16 Å². The predicted molar refractivity (Wildman–Crippen MR) is 79.7 cm³/mol. The van der Waals surface area contributed by atoms with Crippen LogP contribution >= 0.6 is 23.4 Å². The van der Waals surface area contributed by atoms with Crippen molar-refractivity contribution in [2.24, 2.45) is 0 Å². The number of alkyl halides is 1. The molecule has 0 saturated carbocycles. The molecule has 2 rings (SSSR count). The highest BCUT2D eigenvalue weighted by atomic mass is 35.5. The zero-order valence-corrected chi connectivity index (χ0v) is 12.4. The molecule has 21 heavy (non-hydrogen) atoms. The molecule has 108 valence electrons. The Balaban J connectivity index is 2.87. The standard InChI is InChI=1S/C13H10ClN3O3S/c1-21-13-16-11(8(5-15)12(20)17-13)10-6(4-14)2-7(18)3-9(10)19/h2-3,18-19H,4H2,1H3,(H,16,17,20). The molecule has 0 fully saturated rings. The van der Waals surface area contributed by atoms with Crippen LogP contribution in [-0.2, 0) is 5.88 Å². The third-order valence-electron chi connectivity index (χ3n) is 2.77. The Hall–Kier alpha value is -2.17. The van der Waals surface area contributed by atoms with E-state index in [-0.39, 0.29) is 34.2 Å². The van der Waals surface area contributed by atoms with Crippen LogP contribution < -0.4 is 5.56 Å². The molecule has 0 aliphatic rings. The number of thioether (sulfide) groups is 1. The van der Waals surface area contributed by atoms with Gasteiger partial charge in [-0.2, -0.15) is 5.26 Å². The summed E-state index contributed by atoms with van der Waals surface area (Å²) in [5, 5.41) is 29.0. The number of H-pyrrole nitrogens is 1. The van der Waals surface area contributed by atoms with E-state index in [0.717, 1.165) is 6.07 Å². The first kappa shape index (κ1) is 15.2. The minimum Gasteiger partial charge on any atom is -0.508 e. The van der Waals surface area contributed by atoms with Crippen molar-refractivity contribution in [3.8, 4) is 28.8 Å². The molecule has 6 nitrogen and oxygen atoms in total. The van der Waals surface area contributed by atoms with Crippen LogP contribution in [0.5, 0.6) is 11.5 Å². The first-order valence-electron chi connectivity index (χ1n) is 5.71. The summed E-state index contributed by atoms with van der Waals surface area (Å²) in [6.07, 6.45) is 1.72. The van der Waals surface area contributed by atoms with Crippen LogP contribution in [0.3, 0.4) is 0 Å². The minimum absolute atomic E-state index is 0.0226. The number of nitrogens with zero attached hydrogens (tertiary/aromatic N) is 2. The molecule has 1 aromatic heterocycles. The highest BCUT2D eigenvalue weighted by molar-refractivity contribution is 7.98. The number of hydrogen-bond acceptors (Lipinski definition) is 6. The van der Waals surface area contributed by atoms with E-state index in [1.807, 2.05) is 0 Å². The normalized spacial score (nSPS) is 10.3. The van der Waals surface area contributed by atoms with Gasteiger partial charge in [0.25, 0.3) is 5.56 Å². The number of phenols is 2. The van der Waals surface area contributed by atoms with Gasteiger partial charge >= 0.3 is 0 Å². The van der Waals surface area contributed by atoms with Crippen LogP contribution in [0.15, 0.2) is 22.1 Å². The molecule has 0 bridgehead atoms. The van der Waals surface area contributed by atoms with Gasteiger partial charge in [0, 0.05) is 17.5 Å². The number of halogens is 1. The van der Waals surface area contributed by atoms with Crippen molar-refractivity contribution in [1.29, 1.82) is 5.26 Å². The van der Waals surface area contributed by atoms with Gasteiger partial charge in [-0.25, -0.2) is 4.98 Å². The largest absolute Gasteiger partial charge is 0.508 e. The number of benzene rings is 1. The number of aromatic amines is 1. The number of aromatic nitrogens is 2. The second-order valence-electron chi connectivity index (χ2n) is 4.04. The number of nitrogens with one attached hydrogen (secondary N) is 1. The number of nitriles is 1. The van der Waals surface area contributed by atoms with Gasteiger partial charge < -0.3 is 15.2 Å². The van der Waals surface area contributed by atoms with Crippen LogP contribution in [0.4, 0.5) is 0 Å². The van der Waals surface area contributed by atoms with E-state index in [9.17, 15) is 15.0 Å². The fraction of sp³-hybridized carbons (Fsp3) is 0.154. The summed E-state index contributed by atoms with van der Waals surface area (Å²) in [6, 6.07) is 4.23. The van der Waals surface area contributed by atoms with Gasteiger partial charge in [-0.05, 0) is 17.9 Å². The number of rotatable bonds is 3. The summed E-state index contributed by atoms with van der Waals surface area (Å²) in [5.41, 5.74) is -0.240. The Morgan fingerprint density at radius 1 is 1.48 bits per heavy atom. The Morgan fingerprint density at radius 3 is 2.76 bits per heavy atom. The summed E-state index contributed by atoms with van der Waals surface area (Å²) in [7, 11) is 0. The molecule has 1 aromatic carbocycles. The molecule has 0 unspecified atom stereocenters. The Morgan fingerprint density at radius 2 is 2.19 bits per heavy atom. The van der Waals surface area contributed by atoms with Gasteiger partial charge in [0.1, 0.15) is 28.8 Å². The average Bonchev–Trinajstić information content (AvgIpc) is 2.45. The molecule has 0 atom stereocenters. The number of phenolic OH excluding ortho intramolecular Hbond substituents is 2. The molecule has 0 spiro atoms. The van der Waals surface area contributed by atoms with Crippen LogP contribution in [0.1, 0.15) is 11.1 Å². The van der Waals surface area contributed by atoms with Gasteiger partial charge in [-0.15, -0.1) is 11.6 Å². The van der Waals surface area contributed by atoms with Gasteiger partial charge in [0.2, 0.25) is 0 Å². The van der Waals surface area contributed by atoms with Crippen molar-refractivity contribution in [3.63, 3.8) is 0 Å². The Bertz CT molecular complexity index is 798. The zero-order chi connectivity index (χ0) is 15.6. The maximum Gasteiger partial charge on any atom is 0.270 e. The van der Waals surface area contributed by atoms with E-state index < -0.39 is 5.56 Å². The van der Waals surface area contributed by atoms with Gasteiger partial charge in [-0.3, -0.25) is 4.79 Å². The number of hydrogen-bond donors (Lipinski definition) is 3. The van der Waals surface area contributed by atoms with E-state index in [0.29, 0.717) is 10.7 Å². The maximum absolute atomic E-state index is 11.9. The predicted octanol–water partition coefficient (Wildman–Crippen LogP) is 2.18. The van der Waals surface area contributed by atoms with Crippen molar-refractivity contribution in [3.05, 3.63) is 33.6 Å². The summed E-state index contributed by atoms with van der Waals surface area (Å²) in [4.78, 5) is 18.5. The molecular weight excluding hydrogens is 314 g/mol. The molecule has 0 aliphatic heterocycles. The summed E-state index contributed by atoms with van der Waals surface area (Å²) in [5.74, 6) is -0.488. The molecule has 0 amide bonds. The minimum atomic E-state index is -0.597. The van der Waals surface area contributed by atoms with Crippen molar-refractivity contribution in [2.45, 2.75) is 11.0 Å². The fourth-order valence-corrected chi connectivity index (χ4v) is 2.47. The SMILES string of the molecule is CSc1nc(-c2c(O)cc(O)cc2CCl)c(C#N)c(=O)[nH]1. The third kappa shape index (κ3) is 2.82. The highest BCUT2D eigenvalue weighted by Gasteiger charge is 2.20. The highest BCUT2D eigenvalue weighted by Crippen LogP contribution is 2.37. The van der Waals surface area contributed by atoms with Gasteiger partial charge in [-0.1, -0.05) is 11.8 Å². The smallest absolute Gasteiger partial charge is 0.270 e. The van der Waals surface area contributed by atoms with Crippen LogP contribution in [-0.4, -0.2) is 26.4 Å². The fourth-order valence-electron chi connectivity index (χ4n) is 1.88. The van der Waals surface area contributed by atoms with E-state index in [2.05, 4.69) is 9.97 Å². The molecule has 0 aliphatic carbocycles. The van der Waals surface area contributed by atoms with Crippen LogP contribution in [0, 0.1) is 11.3 Å². The number of aromatic hydroxyl groups is 2. The summed E-state index contributed by atoms with van der Waals surface area (Å²) >= 11 is 7.00. The molecular formula is C13H10ClN3O3S. The lowest BCUT2D eigenvalue weighted by molar-refractivity contribution is 0.451. The first-order valence-corrected chi connectivity index (χ1v) is 7.47. The van der Waals surface area contributed by atoms with Crippen molar-refractivity contribution in [2.75, 3.05) is 6.26 Å². The molecule has 1 heterocycles. The van der Waals surface area contributed by atoms with E-state index in [1.54, 1.807) is 12.3 Å². The zero-order valence-electron chi connectivity index (χ0n) is 10.8. The lowest BCUT2D eigenvalue weighted by atomic mass is 10.0. The lowest BCUT2D eigenvalue weighted by Gasteiger charge is -2.11. The first-order chi connectivity index (χ1) is 10.0. The Kier molecular flexibility index (Phi) is 4.40.